The zero-order valence-electron chi connectivity index (χ0n) is 16.5. The SMILES string of the molecule is O=C(Nc1cccc(S(=O)(=O)NC2=NCCC2)c1)C1(c2ccc(Br)cc2)CCCC1. The van der Waals surface area contributed by atoms with E-state index in [0.717, 1.165) is 42.1 Å². The minimum Gasteiger partial charge on any atom is -0.325 e. The van der Waals surface area contributed by atoms with Gasteiger partial charge in [-0.05, 0) is 55.2 Å². The van der Waals surface area contributed by atoms with Crippen LogP contribution in [0.3, 0.4) is 0 Å². The molecule has 8 heteroatoms. The Kier molecular flexibility index (Phi) is 5.97. The first-order valence-corrected chi connectivity index (χ1v) is 12.4. The van der Waals surface area contributed by atoms with Crippen LogP contribution in [0, 0.1) is 0 Å². The first-order valence-electron chi connectivity index (χ1n) is 10.1. The molecule has 1 aliphatic heterocycles. The van der Waals surface area contributed by atoms with Gasteiger partial charge in [-0.3, -0.25) is 14.5 Å². The van der Waals surface area contributed by atoms with Crippen LogP contribution in [0.4, 0.5) is 5.69 Å². The third-order valence-corrected chi connectivity index (χ3v) is 7.72. The lowest BCUT2D eigenvalue weighted by Gasteiger charge is -2.28. The molecule has 2 N–H and O–H groups in total. The van der Waals surface area contributed by atoms with Crippen molar-refractivity contribution in [1.82, 2.24) is 4.72 Å². The fourth-order valence-corrected chi connectivity index (χ4v) is 5.62. The molecule has 30 heavy (non-hydrogen) atoms. The summed E-state index contributed by atoms with van der Waals surface area (Å²) in [6, 6.07) is 14.3. The minimum atomic E-state index is -3.73. The highest BCUT2D eigenvalue weighted by molar-refractivity contribution is 9.10. The minimum absolute atomic E-state index is 0.0926. The summed E-state index contributed by atoms with van der Waals surface area (Å²) in [6.45, 7) is 0.645. The van der Waals surface area contributed by atoms with Crippen LogP contribution in [-0.2, 0) is 20.2 Å². The number of aliphatic imine (C=N–C) groups is 1. The number of hydrogen-bond acceptors (Lipinski definition) is 4. The Hall–Kier alpha value is -2.19. The summed E-state index contributed by atoms with van der Waals surface area (Å²) in [5.74, 6) is 0.398. The van der Waals surface area contributed by atoms with Crippen LogP contribution in [0.5, 0.6) is 0 Å². The monoisotopic (exact) mass is 489 g/mol. The molecule has 4 rings (SSSR count). The van der Waals surface area contributed by atoms with Crippen molar-refractivity contribution < 1.29 is 13.2 Å². The number of anilines is 1. The fourth-order valence-electron chi connectivity index (χ4n) is 4.22. The number of carbonyl (C=O) groups is 1. The lowest BCUT2D eigenvalue weighted by molar-refractivity contribution is -0.121. The largest absolute Gasteiger partial charge is 0.325 e. The van der Waals surface area contributed by atoms with Crippen LogP contribution < -0.4 is 10.0 Å². The first-order chi connectivity index (χ1) is 14.4. The molecule has 1 fully saturated rings. The Morgan fingerprint density at radius 1 is 1.03 bits per heavy atom. The van der Waals surface area contributed by atoms with E-state index in [-0.39, 0.29) is 10.8 Å². The number of benzene rings is 2. The second kappa shape index (κ2) is 8.51. The molecule has 2 aromatic carbocycles. The molecule has 6 nitrogen and oxygen atoms in total. The van der Waals surface area contributed by atoms with Crippen LogP contribution >= 0.6 is 15.9 Å². The molecule has 1 amide bonds. The molecule has 0 radical (unpaired) electrons. The Bertz CT molecular complexity index is 1080. The lowest BCUT2D eigenvalue weighted by Crippen LogP contribution is -2.38. The smallest absolute Gasteiger partial charge is 0.262 e. The van der Waals surface area contributed by atoms with Crippen molar-refractivity contribution in [3.05, 3.63) is 58.6 Å². The predicted octanol–water partition coefficient (Wildman–Crippen LogP) is 4.37. The number of nitrogens with one attached hydrogen (secondary N) is 2. The van der Waals surface area contributed by atoms with Crippen molar-refractivity contribution in [2.24, 2.45) is 4.99 Å². The van der Waals surface area contributed by atoms with Crippen molar-refractivity contribution in [2.75, 3.05) is 11.9 Å². The van der Waals surface area contributed by atoms with Gasteiger partial charge < -0.3 is 5.32 Å². The van der Waals surface area contributed by atoms with E-state index in [1.54, 1.807) is 12.1 Å². The average molecular weight is 490 g/mol. The number of halogens is 1. The molecule has 0 spiro atoms. The van der Waals surface area contributed by atoms with Gasteiger partial charge in [-0.15, -0.1) is 0 Å². The molecule has 1 aliphatic carbocycles. The number of amides is 1. The van der Waals surface area contributed by atoms with Crippen molar-refractivity contribution in [2.45, 2.75) is 48.8 Å². The second-order valence-electron chi connectivity index (χ2n) is 7.82. The van der Waals surface area contributed by atoms with Crippen LogP contribution in [0.15, 0.2) is 62.9 Å². The summed E-state index contributed by atoms with van der Waals surface area (Å²) in [7, 11) is -3.73. The molecule has 1 heterocycles. The number of nitrogens with zero attached hydrogens (tertiary/aromatic N) is 1. The molecule has 0 atom stereocenters. The van der Waals surface area contributed by atoms with Gasteiger partial charge in [0.05, 0.1) is 10.3 Å². The van der Waals surface area contributed by atoms with E-state index in [9.17, 15) is 13.2 Å². The number of hydrogen-bond donors (Lipinski definition) is 2. The third kappa shape index (κ3) is 4.30. The van der Waals surface area contributed by atoms with E-state index in [1.807, 2.05) is 24.3 Å². The number of amidine groups is 1. The molecule has 2 aliphatic rings. The average Bonchev–Trinajstić information content (AvgIpc) is 3.41. The molecule has 158 valence electrons. The molecule has 0 saturated heterocycles. The summed E-state index contributed by atoms with van der Waals surface area (Å²) in [5.41, 5.74) is 0.872. The number of sulfonamides is 1. The van der Waals surface area contributed by atoms with Gasteiger partial charge in [-0.2, -0.15) is 0 Å². The topological polar surface area (TPSA) is 87.6 Å². The maximum Gasteiger partial charge on any atom is 0.262 e. The molecule has 0 aromatic heterocycles. The van der Waals surface area contributed by atoms with Crippen LogP contribution in [0.2, 0.25) is 0 Å². The predicted molar refractivity (Wildman–Crippen MR) is 121 cm³/mol. The molecule has 0 unspecified atom stereocenters. The van der Waals surface area contributed by atoms with Crippen LogP contribution in [0.25, 0.3) is 0 Å². The Morgan fingerprint density at radius 3 is 2.43 bits per heavy atom. The summed E-state index contributed by atoms with van der Waals surface area (Å²) in [4.78, 5) is 17.6. The zero-order chi connectivity index (χ0) is 21.2. The van der Waals surface area contributed by atoms with E-state index < -0.39 is 15.4 Å². The van der Waals surface area contributed by atoms with Crippen LogP contribution in [0.1, 0.15) is 44.1 Å². The van der Waals surface area contributed by atoms with Gasteiger partial charge in [-0.1, -0.05) is 47.0 Å². The van der Waals surface area contributed by atoms with E-state index in [2.05, 4.69) is 31.0 Å². The Labute approximate surface area is 185 Å². The van der Waals surface area contributed by atoms with E-state index >= 15 is 0 Å². The highest BCUT2D eigenvalue weighted by atomic mass is 79.9. The van der Waals surface area contributed by atoms with Gasteiger partial charge >= 0.3 is 0 Å². The van der Waals surface area contributed by atoms with Gasteiger partial charge in [0, 0.05) is 23.1 Å². The summed E-state index contributed by atoms with van der Waals surface area (Å²) >= 11 is 3.45. The van der Waals surface area contributed by atoms with Gasteiger partial charge in [0.1, 0.15) is 5.84 Å². The number of rotatable bonds is 5. The molecule has 2 aromatic rings. The van der Waals surface area contributed by atoms with Crippen molar-refractivity contribution >= 4 is 43.4 Å². The van der Waals surface area contributed by atoms with E-state index in [0.29, 0.717) is 24.5 Å². The highest BCUT2D eigenvalue weighted by Crippen LogP contribution is 2.42. The maximum absolute atomic E-state index is 13.4. The van der Waals surface area contributed by atoms with E-state index in [1.165, 1.54) is 12.1 Å². The molecular formula is C22H24BrN3O3S. The standard InChI is InChI=1S/C22H24BrN3O3S/c23-17-10-8-16(9-11-17)22(12-1-2-13-22)21(27)25-18-5-3-6-19(15-18)30(28,29)26-20-7-4-14-24-20/h3,5-6,8-11,15H,1-2,4,7,12-14H2,(H,24,26)(H,25,27). The summed E-state index contributed by atoms with van der Waals surface area (Å²) < 4.78 is 28.9. The normalized spacial score (nSPS) is 18.1. The van der Waals surface area contributed by atoms with Gasteiger partial charge in [0.2, 0.25) is 5.91 Å². The summed E-state index contributed by atoms with van der Waals surface area (Å²) in [5, 5.41) is 2.97. The van der Waals surface area contributed by atoms with Gasteiger partial charge in [-0.25, -0.2) is 8.42 Å². The first kappa shape index (κ1) is 21.1. The van der Waals surface area contributed by atoms with Gasteiger partial charge in [0.15, 0.2) is 0 Å². The van der Waals surface area contributed by atoms with Crippen molar-refractivity contribution in [3.63, 3.8) is 0 Å². The fraction of sp³-hybridized carbons (Fsp3) is 0.364. The maximum atomic E-state index is 13.4. The van der Waals surface area contributed by atoms with Crippen LogP contribution in [-0.4, -0.2) is 26.7 Å². The van der Waals surface area contributed by atoms with Crippen molar-refractivity contribution in [3.8, 4) is 0 Å². The zero-order valence-corrected chi connectivity index (χ0v) is 18.9. The molecule has 0 bridgehead atoms. The quantitative estimate of drug-likeness (QED) is 0.653. The third-order valence-electron chi connectivity index (χ3n) is 5.82. The number of carbonyl (C=O) groups excluding carboxylic acids is 1. The highest BCUT2D eigenvalue weighted by Gasteiger charge is 2.42. The summed E-state index contributed by atoms with van der Waals surface area (Å²) in [6.07, 6.45) is 5.02. The molecular weight excluding hydrogens is 466 g/mol. The Balaban J connectivity index is 1.57. The van der Waals surface area contributed by atoms with Gasteiger partial charge in [0.25, 0.3) is 10.0 Å². The molecule has 1 saturated carbocycles. The van der Waals surface area contributed by atoms with Crippen molar-refractivity contribution in [1.29, 1.82) is 0 Å². The lowest BCUT2D eigenvalue weighted by atomic mass is 9.78. The van der Waals surface area contributed by atoms with E-state index in [4.69, 9.17) is 0 Å². The Morgan fingerprint density at radius 2 is 1.77 bits per heavy atom. The second-order valence-corrected chi connectivity index (χ2v) is 10.4.